The molecule has 58 heavy (non-hydrogen) atoms. The monoisotopic (exact) mass is 962 g/mol. The van der Waals surface area contributed by atoms with Gasteiger partial charge in [-0.2, -0.15) is 24.3 Å². The summed E-state index contributed by atoms with van der Waals surface area (Å²) in [6.07, 6.45) is 22.7. The van der Waals surface area contributed by atoms with E-state index in [1.165, 1.54) is 90.7 Å². The molecule has 0 fully saturated rings. The van der Waals surface area contributed by atoms with Crippen molar-refractivity contribution in [2.75, 3.05) is 0 Å². The molecule has 0 radical (unpaired) electrons. The van der Waals surface area contributed by atoms with Gasteiger partial charge in [0.1, 0.15) is 0 Å². The van der Waals surface area contributed by atoms with Crippen LogP contribution in [0, 0.1) is 37.8 Å². The molecule has 0 amide bonds. The molecule has 4 atom stereocenters. The quantitative estimate of drug-likeness (QED) is 0.101. The molecular weight excluding hydrogens is 907 g/mol. The average Bonchev–Trinajstić information content (AvgIpc) is 4.02. The van der Waals surface area contributed by atoms with E-state index in [2.05, 4.69) is 199 Å². The van der Waals surface area contributed by atoms with Gasteiger partial charge in [-0.25, -0.2) is 23.3 Å². The van der Waals surface area contributed by atoms with E-state index in [0.717, 1.165) is 41.8 Å². The van der Waals surface area contributed by atoms with E-state index in [1.54, 1.807) is 0 Å². The van der Waals surface area contributed by atoms with Crippen molar-refractivity contribution in [3.05, 3.63) is 180 Å². The maximum atomic E-state index is 3.35. The third-order valence-corrected chi connectivity index (χ3v) is 12.8. The molecule has 0 bridgehead atoms. The normalized spacial score (nSPS) is 13.4. The summed E-state index contributed by atoms with van der Waals surface area (Å²) < 4.78 is 0. The Kier molecular flexibility index (Phi) is 26.7. The zero-order chi connectivity index (χ0) is 38.1. The molecule has 8 rings (SSSR count). The Morgan fingerprint density at radius 1 is 0.552 bits per heavy atom. The molecule has 6 aromatic carbocycles. The van der Waals surface area contributed by atoms with Crippen LogP contribution in [0.4, 0.5) is 0 Å². The molecule has 0 N–H and O–H groups in total. The standard InChI is InChI=1S/2C16H14P.2C10H15.2FH.2Zr/c2*1-12-6-2-5-9-16(12)17-15-10-13-7-3-4-8-14(13)11-15;2*1-3-6-9(2)10-7-4-5-8-10;;;;/h2*2-11,17H,1H3;2*4,7,9H,3,5-6H2,1-2H3;2*1H;;/q4*-1;;;2*+2/p-2. The van der Waals surface area contributed by atoms with Gasteiger partial charge in [-0.3, -0.25) is 12.2 Å². The summed E-state index contributed by atoms with van der Waals surface area (Å²) in [5.74, 6) is 1.45. The van der Waals surface area contributed by atoms with E-state index in [-0.39, 0.29) is 61.8 Å². The summed E-state index contributed by atoms with van der Waals surface area (Å²) >= 11 is 0. The van der Waals surface area contributed by atoms with E-state index < -0.39 is 0 Å². The first kappa shape index (κ1) is 53.6. The number of rotatable bonds is 10. The Hall–Kier alpha value is -2.45. The summed E-state index contributed by atoms with van der Waals surface area (Å²) in [5.41, 5.74) is 5.61. The number of aryl methyl sites for hydroxylation is 2. The zero-order valence-corrected chi connectivity index (χ0v) is 41.9. The van der Waals surface area contributed by atoms with Crippen molar-refractivity contribution >= 4 is 59.9 Å². The first-order valence-corrected chi connectivity index (χ1v) is 21.8. The largest absolute Gasteiger partial charge is 2.00 e. The fraction of sp³-hybridized carbons (Fsp3) is 0.269. The molecule has 300 valence electrons. The van der Waals surface area contributed by atoms with Crippen LogP contribution in [0.25, 0.3) is 21.5 Å². The third-order valence-electron chi connectivity index (χ3n) is 10.0. The number of benzene rings is 4. The minimum absolute atomic E-state index is 0. The van der Waals surface area contributed by atoms with E-state index in [0.29, 0.717) is 0 Å². The van der Waals surface area contributed by atoms with Crippen molar-refractivity contribution in [3.63, 3.8) is 0 Å². The number of allylic oxidation sites excluding steroid dienone is 8. The Morgan fingerprint density at radius 3 is 1.24 bits per heavy atom. The molecular formula is C52H58F2P2Zr2-2. The fourth-order valence-electron chi connectivity index (χ4n) is 6.88. The zero-order valence-electron chi connectivity index (χ0n) is 35.0. The van der Waals surface area contributed by atoms with Crippen LogP contribution in [0.2, 0.25) is 0 Å². The molecule has 0 nitrogen and oxygen atoms in total. The minimum Gasteiger partial charge on any atom is -1.00 e. The van der Waals surface area contributed by atoms with Gasteiger partial charge in [0.15, 0.2) is 0 Å². The summed E-state index contributed by atoms with van der Waals surface area (Å²) in [6.45, 7) is 13.4. The summed E-state index contributed by atoms with van der Waals surface area (Å²) in [6, 6.07) is 43.6. The van der Waals surface area contributed by atoms with Crippen LogP contribution >= 0.6 is 17.2 Å². The van der Waals surface area contributed by atoms with Crippen molar-refractivity contribution in [1.82, 2.24) is 0 Å². The van der Waals surface area contributed by atoms with Crippen LogP contribution in [0.1, 0.15) is 77.3 Å². The van der Waals surface area contributed by atoms with Crippen LogP contribution in [0.3, 0.4) is 0 Å². The van der Waals surface area contributed by atoms with E-state index in [9.17, 15) is 0 Å². The molecule has 0 aliphatic heterocycles. The second-order valence-electron chi connectivity index (χ2n) is 14.5. The van der Waals surface area contributed by atoms with Crippen molar-refractivity contribution in [3.8, 4) is 0 Å². The van der Waals surface area contributed by atoms with E-state index in [1.807, 2.05) is 0 Å². The molecule has 0 spiro atoms. The molecule has 4 unspecified atom stereocenters. The Morgan fingerprint density at radius 2 is 0.914 bits per heavy atom. The van der Waals surface area contributed by atoms with E-state index >= 15 is 0 Å². The molecule has 0 aromatic heterocycles. The SMILES string of the molecule is CCCC(C)C1=[C-]CC=C1.CCCC(C)C1=[C-]CC=C1.Cc1ccccc1Pc1cc2ccccc2[cH-]1.Cc1ccccc1Pc1cc2ccccc2[cH-]1.[F-].[F-].[Zr+2].[Zr+2]. The molecule has 0 saturated heterocycles. The fourth-order valence-corrected chi connectivity index (χ4v) is 9.33. The van der Waals surface area contributed by atoms with Gasteiger partial charge < -0.3 is 9.41 Å². The topological polar surface area (TPSA) is 0 Å². The van der Waals surface area contributed by atoms with Gasteiger partial charge in [0, 0.05) is 0 Å². The number of fused-ring (bicyclic) bond motifs is 2. The Bertz CT molecular complexity index is 1970. The number of halogens is 2. The van der Waals surface area contributed by atoms with E-state index in [4.69, 9.17) is 0 Å². The van der Waals surface area contributed by atoms with Crippen LogP contribution in [-0.2, 0) is 52.4 Å². The molecule has 2 aliphatic carbocycles. The second-order valence-corrected chi connectivity index (χ2v) is 17.2. The van der Waals surface area contributed by atoms with Crippen molar-refractivity contribution in [2.45, 2.75) is 80.1 Å². The minimum atomic E-state index is 0. The van der Waals surface area contributed by atoms with Crippen molar-refractivity contribution in [2.24, 2.45) is 11.8 Å². The summed E-state index contributed by atoms with van der Waals surface area (Å²) in [4.78, 5) is 0. The van der Waals surface area contributed by atoms with Gasteiger partial charge in [-0.05, 0) is 48.4 Å². The smallest absolute Gasteiger partial charge is 1.00 e. The molecule has 0 heterocycles. The van der Waals surface area contributed by atoms with Gasteiger partial charge in [0.25, 0.3) is 0 Å². The molecule has 0 saturated carbocycles. The van der Waals surface area contributed by atoms with Crippen molar-refractivity contribution in [1.29, 1.82) is 0 Å². The number of hydrogen-bond acceptors (Lipinski definition) is 0. The first-order chi connectivity index (χ1) is 26.3. The molecule has 2 aliphatic rings. The first-order valence-electron chi connectivity index (χ1n) is 19.8. The second kappa shape index (κ2) is 28.9. The summed E-state index contributed by atoms with van der Waals surface area (Å²) in [7, 11) is 1.52. The van der Waals surface area contributed by atoms with Gasteiger partial charge in [0.2, 0.25) is 0 Å². The molecule has 6 aromatic rings. The predicted molar refractivity (Wildman–Crippen MR) is 246 cm³/mol. The number of hydrogen-bond donors (Lipinski definition) is 0. The van der Waals surface area contributed by atoms with Crippen LogP contribution in [0.15, 0.2) is 157 Å². The van der Waals surface area contributed by atoms with Crippen molar-refractivity contribution < 1.29 is 61.8 Å². The van der Waals surface area contributed by atoms with Gasteiger partial charge in [-0.1, -0.05) is 130 Å². The molecule has 6 heteroatoms. The predicted octanol–water partition coefficient (Wildman–Crippen LogP) is 7.22. The maximum Gasteiger partial charge on any atom is 2.00 e. The van der Waals surface area contributed by atoms with Gasteiger partial charge >= 0.3 is 52.4 Å². The van der Waals surface area contributed by atoms with Crippen LogP contribution < -0.4 is 30.6 Å². The van der Waals surface area contributed by atoms with Gasteiger partial charge in [-0.15, -0.1) is 93.5 Å². The Labute approximate surface area is 390 Å². The Balaban J connectivity index is 0.000000390. The summed E-state index contributed by atoms with van der Waals surface area (Å²) in [5, 5.41) is 11.2. The average molecular weight is 965 g/mol. The van der Waals surface area contributed by atoms with Crippen LogP contribution in [0.5, 0.6) is 0 Å². The van der Waals surface area contributed by atoms with Gasteiger partial charge in [0.05, 0.1) is 0 Å². The third kappa shape index (κ3) is 16.9. The van der Waals surface area contributed by atoms with Crippen LogP contribution in [-0.4, -0.2) is 0 Å². The maximum absolute atomic E-state index is 3.35.